The van der Waals surface area contributed by atoms with Gasteiger partial charge in [0.1, 0.15) is 0 Å². The Labute approximate surface area is 126 Å². The van der Waals surface area contributed by atoms with E-state index >= 15 is 0 Å². The highest BCUT2D eigenvalue weighted by Gasteiger charge is 2.43. The van der Waals surface area contributed by atoms with Crippen LogP contribution in [-0.2, 0) is 9.59 Å². The van der Waals surface area contributed by atoms with E-state index in [2.05, 4.69) is 5.32 Å². The molecule has 0 saturated heterocycles. The zero-order chi connectivity index (χ0) is 15.4. The van der Waals surface area contributed by atoms with E-state index in [0.29, 0.717) is 18.8 Å². The molecule has 21 heavy (non-hydrogen) atoms. The number of amides is 1. The summed E-state index contributed by atoms with van der Waals surface area (Å²) in [5.74, 6) is -1.48. The Balaban J connectivity index is 1.99. The molecule has 1 amide bonds. The molecule has 2 fully saturated rings. The van der Waals surface area contributed by atoms with E-state index in [1.807, 2.05) is 6.92 Å². The van der Waals surface area contributed by atoms with Gasteiger partial charge in [-0.2, -0.15) is 0 Å². The van der Waals surface area contributed by atoms with E-state index in [-0.39, 0.29) is 24.5 Å². The summed E-state index contributed by atoms with van der Waals surface area (Å²) >= 11 is 0. The van der Waals surface area contributed by atoms with Gasteiger partial charge in [-0.1, -0.05) is 26.2 Å². The highest BCUT2D eigenvalue weighted by Crippen LogP contribution is 2.39. The van der Waals surface area contributed by atoms with Crippen molar-refractivity contribution in [3.63, 3.8) is 0 Å². The zero-order valence-corrected chi connectivity index (χ0v) is 12.8. The van der Waals surface area contributed by atoms with Crippen molar-refractivity contribution >= 4 is 11.9 Å². The van der Waals surface area contributed by atoms with Gasteiger partial charge in [-0.05, 0) is 31.6 Å². The van der Waals surface area contributed by atoms with Crippen LogP contribution in [0.1, 0.15) is 51.9 Å². The molecule has 5 heteroatoms. The summed E-state index contributed by atoms with van der Waals surface area (Å²) in [4.78, 5) is 23.9. The summed E-state index contributed by atoms with van der Waals surface area (Å²) in [6.07, 6.45) is 6.19. The van der Waals surface area contributed by atoms with Crippen molar-refractivity contribution < 1.29 is 19.8 Å². The number of carbonyl (C=O) groups is 2. The Morgan fingerprint density at radius 1 is 1.14 bits per heavy atom. The van der Waals surface area contributed by atoms with Crippen LogP contribution in [0.3, 0.4) is 0 Å². The molecule has 0 aromatic rings. The first-order valence-electron chi connectivity index (χ1n) is 8.20. The molecule has 0 spiro atoms. The van der Waals surface area contributed by atoms with Crippen molar-refractivity contribution in [1.29, 1.82) is 0 Å². The Bertz CT molecular complexity index is 384. The average molecular weight is 297 g/mol. The zero-order valence-electron chi connectivity index (χ0n) is 12.8. The van der Waals surface area contributed by atoms with Crippen LogP contribution < -0.4 is 5.32 Å². The molecule has 5 unspecified atom stereocenters. The standard InChI is InChI=1S/C16H27NO4/c1-2-10-7-12(13(8-10)16(20)21)15(19)17-14-6-4-3-5-11(14)9-18/h10-14,18H,2-9H2,1H3,(H,17,19)(H,20,21). The van der Waals surface area contributed by atoms with Crippen LogP contribution in [0.4, 0.5) is 0 Å². The van der Waals surface area contributed by atoms with Gasteiger partial charge < -0.3 is 15.5 Å². The lowest BCUT2D eigenvalue weighted by Crippen LogP contribution is -2.46. The van der Waals surface area contributed by atoms with E-state index in [0.717, 1.165) is 32.1 Å². The lowest BCUT2D eigenvalue weighted by Gasteiger charge is -2.32. The van der Waals surface area contributed by atoms with Gasteiger partial charge in [-0.3, -0.25) is 9.59 Å². The molecule has 2 saturated carbocycles. The van der Waals surface area contributed by atoms with Gasteiger partial charge in [0.25, 0.3) is 0 Å². The summed E-state index contributed by atoms with van der Waals surface area (Å²) in [5, 5.41) is 21.8. The molecule has 0 heterocycles. The first-order chi connectivity index (χ1) is 10.1. The molecule has 0 radical (unpaired) electrons. The van der Waals surface area contributed by atoms with Gasteiger partial charge in [0.2, 0.25) is 5.91 Å². The number of rotatable bonds is 5. The van der Waals surface area contributed by atoms with Crippen LogP contribution in [0.25, 0.3) is 0 Å². The summed E-state index contributed by atoms with van der Waals surface area (Å²) < 4.78 is 0. The van der Waals surface area contributed by atoms with Crippen LogP contribution >= 0.6 is 0 Å². The van der Waals surface area contributed by atoms with Crippen LogP contribution in [0.5, 0.6) is 0 Å². The second-order valence-electron chi connectivity index (χ2n) is 6.64. The van der Waals surface area contributed by atoms with E-state index < -0.39 is 17.8 Å². The van der Waals surface area contributed by atoms with Gasteiger partial charge in [0, 0.05) is 18.6 Å². The van der Waals surface area contributed by atoms with Crippen LogP contribution in [0, 0.1) is 23.7 Å². The Kier molecular flexibility index (Phi) is 5.62. The first-order valence-corrected chi connectivity index (χ1v) is 8.20. The number of carboxylic acid groups (broad SMARTS) is 1. The molecule has 2 rings (SSSR count). The quantitative estimate of drug-likeness (QED) is 0.722. The highest BCUT2D eigenvalue weighted by atomic mass is 16.4. The SMILES string of the molecule is CCC1CC(C(=O)O)C(C(=O)NC2CCCCC2CO)C1. The maximum Gasteiger partial charge on any atom is 0.307 e. The Morgan fingerprint density at radius 2 is 1.81 bits per heavy atom. The number of nitrogens with one attached hydrogen (secondary N) is 1. The molecule has 0 aromatic carbocycles. The molecule has 120 valence electrons. The van der Waals surface area contributed by atoms with Gasteiger partial charge in [-0.15, -0.1) is 0 Å². The second-order valence-corrected chi connectivity index (χ2v) is 6.64. The third kappa shape index (κ3) is 3.76. The molecule has 0 aromatic heterocycles. The normalized spacial score (nSPS) is 36.4. The molecular formula is C16H27NO4. The number of aliphatic hydroxyl groups excluding tert-OH is 1. The number of aliphatic hydroxyl groups is 1. The van der Waals surface area contributed by atoms with Gasteiger partial charge in [0.05, 0.1) is 11.8 Å². The minimum Gasteiger partial charge on any atom is -0.481 e. The van der Waals surface area contributed by atoms with E-state index in [1.54, 1.807) is 0 Å². The van der Waals surface area contributed by atoms with Crippen molar-refractivity contribution in [3.05, 3.63) is 0 Å². The maximum atomic E-state index is 12.5. The largest absolute Gasteiger partial charge is 0.481 e. The van der Waals surface area contributed by atoms with Crippen molar-refractivity contribution in [2.24, 2.45) is 23.7 Å². The number of carbonyl (C=O) groups excluding carboxylic acids is 1. The second kappa shape index (κ2) is 7.25. The predicted molar refractivity (Wildman–Crippen MR) is 78.6 cm³/mol. The average Bonchev–Trinajstić information content (AvgIpc) is 2.92. The molecule has 2 aliphatic rings. The van der Waals surface area contributed by atoms with E-state index in [9.17, 15) is 19.8 Å². The lowest BCUT2D eigenvalue weighted by atomic mass is 9.84. The maximum absolute atomic E-state index is 12.5. The van der Waals surface area contributed by atoms with Crippen molar-refractivity contribution in [2.75, 3.05) is 6.61 Å². The van der Waals surface area contributed by atoms with Crippen molar-refractivity contribution in [1.82, 2.24) is 5.32 Å². The van der Waals surface area contributed by atoms with Crippen LogP contribution in [-0.4, -0.2) is 34.7 Å². The summed E-state index contributed by atoms with van der Waals surface area (Å²) in [6.45, 7) is 2.14. The third-order valence-electron chi connectivity index (χ3n) is 5.36. The minimum absolute atomic E-state index is 0.00590. The van der Waals surface area contributed by atoms with Crippen molar-refractivity contribution in [3.8, 4) is 0 Å². The first kappa shape index (κ1) is 16.3. The van der Waals surface area contributed by atoms with Gasteiger partial charge in [-0.25, -0.2) is 0 Å². The third-order valence-corrected chi connectivity index (χ3v) is 5.36. The highest BCUT2D eigenvalue weighted by molar-refractivity contribution is 5.85. The number of hydrogen-bond donors (Lipinski definition) is 3. The fourth-order valence-electron chi connectivity index (χ4n) is 3.94. The summed E-state index contributed by atoms with van der Waals surface area (Å²) in [6, 6.07) is 0.00590. The lowest BCUT2D eigenvalue weighted by molar-refractivity contribution is -0.146. The monoisotopic (exact) mass is 297 g/mol. The van der Waals surface area contributed by atoms with Crippen LogP contribution in [0.15, 0.2) is 0 Å². The Hall–Kier alpha value is -1.10. The fraction of sp³-hybridized carbons (Fsp3) is 0.875. The fourth-order valence-corrected chi connectivity index (χ4v) is 3.94. The number of aliphatic carboxylic acids is 1. The molecule has 5 nitrogen and oxygen atoms in total. The van der Waals surface area contributed by atoms with E-state index in [1.165, 1.54) is 0 Å². The van der Waals surface area contributed by atoms with E-state index in [4.69, 9.17) is 0 Å². The Morgan fingerprint density at radius 3 is 2.43 bits per heavy atom. The smallest absolute Gasteiger partial charge is 0.307 e. The molecular weight excluding hydrogens is 270 g/mol. The van der Waals surface area contributed by atoms with Gasteiger partial charge >= 0.3 is 5.97 Å². The van der Waals surface area contributed by atoms with Crippen molar-refractivity contribution in [2.45, 2.75) is 57.9 Å². The summed E-state index contributed by atoms with van der Waals surface area (Å²) in [7, 11) is 0. The topological polar surface area (TPSA) is 86.6 Å². The van der Waals surface area contributed by atoms with Crippen LogP contribution in [0.2, 0.25) is 0 Å². The predicted octanol–water partition coefficient (Wildman–Crippen LogP) is 1.79. The van der Waals surface area contributed by atoms with Gasteiger partial charge in [0.15, 0.2) is 0 Å². The molecule has 0 aliphatic heterocycles. The number of hydrogen-bond acceptors (Lipinski definition) is 3. The molecule has 5 atom stereocenters. The number of carboxylic acids is 1. The molecule has 2 aliphatic carbocycles. The molecule has 3 N–H and O–H groups in total. The molecule has 0 bridgehead atoms. The summed E-state index contributed by atoms with van der Waals surface area (Å²) in [5.41, 5.74) is 0. The minimum atomic E-state index is -0.853.